The molecule has 0 saturated carbocycles. The average Bonchev–Trinajstić information content (AvgIpc) is 3.31. The van der Waals surface area contributed by atoms with Crippen molar-refractivity contribution in [3.8, 4) is 11.8 Å². The van der Waals surface area contributed by atoms with Crippen LogP contribution in [-0.2, 0) is 10.0 Å². The second kappa shape index (κ2) is 10.3. The molecule has 0 amide bonds. The second-order valence-electron chi connectivity index (χ2n) is 10.0. The summed E-state index contributed by atoms with van der Waals surface area (Å²) in [6.45, 7) is 8.29. The Balaban J connectivity index is 1.54. The topological polar surface area (TPSA) is 95.1 Å². The number of sulfonamides is 1. The molecular formula is C28H29FN6O2S. The zero-order valence-corrected chi connectivity index (χ0v) is 22.4. The van der Waals surface area contributed by atoms with Gasteiger partial charge in [0, 0.05) is 43.8 Å². The first-order valence-corrected chi connectivity index (χ1v) is 14.0. The highest BCUT2D eigenvalue weighted by molar-refractivity contribution is 7.89. The normalized spacial score (nSPS) is 17.2. The molecule has 0 unspecified atom stereocenters. The van der Waals surface area contributed by atoms with Gasteiger partial charge in [-0.15, -0.1) is 0 Å². The molecule has 0 radical (unpaired) electrons. The SMILES string of the molecule is Cc1cc2c(cnn2-c2ccc(F)cc2)cc1[C@@H]1CN(S(=O)(=O)c2cccnc2C#N)CCN1CC(C)C. The lowest BCUT2D eigenvalue weighted by Crippen LogP contribution is -2.51. The number of aryl methyl sites for hydroxylation is 1. The Morgan fingerprint density at radius 1 is 1.16 bits per heavy atom. The number of pyridine rings is 1. The first kappa shape index (κ1) is 26.0. The van der Waals surface area contributed by atoms with Crippen molar-refractivity contribution >= 4 is 20.9 Å². The lowest BCUT2D eigenvalue weighted by Gasteiger charge is -2.42. The van der Waals surface area contributed by atoms with Gasteiger partial charge in [0.25, 0.3) is 0 Å². The van der Waals surface area contributed by atoms with Crippen LogP contribution in [0.1, 0.15) is 36.7 Å². The van der Waals surface area contributed by atoms with E-state index in [0.29, 0.717) is 19.0 Å². The number of nitrogens with zero attached hydrogens (tertiary/aromatic N) is 6. The van der Waals surface area contributed by atoms with E-state index in [0.717, 1.165) is 34.3 Å². The zero-order chi connectivity index (χ0) is 27.0. The van der Waals surface area contributed by atoms with E-state index in [4.69, 9.17) is 0 Å². The third-order valence-corrected chi connectivity index (χ3v) is 8.83. The largest absolute Gasteiger partial charge is 0.293 e. The molecule has 10 heteroatoms. The van der Waals surface area contributed by atoms with Crippen LogP contribution in [0.2, 0.25) is 0 Å². The molecule has 2 aromatic carbocycles. The Bertz CT molecular complexity index is 1630. The highest BCUT2D eigenvalue weighted by Gasteiger charge is 2.37. The van der Waals surface area contributed by atoms with Crippen LogP contribution in [0.4, 0.5) is 4.39 Å². The lowest BCUT2D eigenvalue weighted by molar-refractivity contribution is 0.105. The van der Waals surface area contributed by atoms with Gasteiger partial charge < -0.3 is 0 Å². The third kappa shape index (κ3) is 4.80. The van der Waals surface area contributed by atoms with Gasteiger partial charge in [0.1, 0.15) is 16.8 Å². The fourth-order valence-electron chi connectivity index (χ4n) is 5.16. The van der Waals surface area contributed by atoms with Crippen LogP contribution >= 0.6 is 0 Å². The van der Waals surface area contributed by atoms with Crippen LogP contribution in [0.25, 0.3) is 16.6 Å². The van der Waals surface area contributed by atoms with Crippen LogP contribution in [0.5, 0.6) is 0 Å². The van der Waals surface area contributed by atoms with E-state index in [1.54, 1.807) is 23.0 Å². The number of hydrogen-bond acceptors (Lipinski definition) is 6. The maximum Gasteiger partial charge on any atom is 0.246 e. The van der Waals surface area contributed by atoms with E-state index in [-0.39, 0.29) is 29.0 Å². The molecule has 0 spiro atoms. The molecule has 1 saturated heterocycles. The molecule has 1 aliphatic rings. The zero-order valence-electron chi connectivity index (χ0n) is 21.5. The number of aromatic nitrogens is 3. The van der Waals surface area contributed by atoms with Crippen molar-refractivity contribution in [2.45, 2.75) is 31.7 Å². The van der Waals surface area contributed by atoms with Crippen molar-refractivity contribution < 1.29 is 12.8 Å². The fraction of sp³-hybridized carbons (Fsp3) is 0.321. The molecule has 0 aliphatic carbocycles. The molecule has 196 valence electrons. The van der Waals surface area contributed by atoms with Crippen LogP contribution in [0.3, 0.4) is 0 Å². The lowest BCUT2D eigenvalue weighted by atomic mass is 9.96. The number of fused-ring (bicyclic) bond motifs is 1. The molecule has 0 bridgehead atoms. The highest BCUT2D eigenvalue weighted by atomic mass is 32.2. The smallest absolute Gasteiger partial charge is 0.246 e. The van der Waals surface area contributed by atoms with Crippen molar-refractivity contribution in [3.63, 3.8) is 0 Å². The molecular weight excluding hydrogens is 503 g/mol. The summed E-state index contributed by atoms with van der Waals surface area (Å²) in [6.07, 6.45) is 3.20. The van der Waals surface area contributed by atoms with E-state index in [2.05, 4.69) is 41.0 Å². The van der Waals surface area contributed by atoms with Gasteiger partial charge >= 0.3 is 0 Å². The van der Waals surface area contributed by atoms with Crippen LogP contribution in [-0.4, -0.2) is 58.6 Å². The Kier molecular flexibility index (Phi) is 7.01. The van der Waals surface area contributed by atoms with E-state index in [1.165, 1.54) is 34.8 Å². The van der Waals surface area contributed by atoms with Crippen LogP contribution < -0.4 is 0 Å². The van der Waals surface area contributed by atoms with Gasteiger partial charge in [0.05, 0.1) is 17.4 Å². The monoisotopic (exact) mass is 532 g/mol. The predicted molar refractivity (Wildman–Crippen MR) is 143 cm³/mol. The Morgan fingerprint density at radius 3 is 2.63 bits per heavy atom. The van der Waals surface area contributed by atoms with E-state index < -0.39 is 10.0 Å². The summed E-state index contributed by atoms with van der Waals surface area (Å²) in [5.74, 6) is 0.0911. The van der Waals surface area contributed by atoms with Crippen LogP contribution in [0, 0.1) is 30.0 Å². The fourth-order valence-corrected chi connectivity index (χ4v) is 6.69. The second-order valence-corrected chi connectivity index (χ2v) is 11.9. The number of piperazine rings is 1. The minimum absolute atomic E-state index is 0.0636. The Morgan fingerprint density at radius 2 is 1.92 bits per heavy atom. The molecule has 3 heterocycles. The van der Waals surface area contributed by atoms with E-state index in [1.807, 2.05) is 13.0 Å². The summed E-state index contributed by atoms with van der Waals surface area (Å²) in [5.41, 5.74) is 3.60. The Hall–Kier alpha value is -3.65. The summed E-state index contributed by atoms with van der Waals surface area (Å²) >= 11 is 0. The molecule has 0 N–H and O–H groups in total. The molecule has 8 nitrogen and oxygen atoms in total. The molecule has 1 fully saturated rings. The van der Waals surface area contributed by atoms with Crippen molar-refractivity contribution in [2.24, 2.45) is 5.92 Å². The average molecular weight is 533 g/mol. The van der Waals surface area contributed by atoms with Crippen molar-refractivity contribution in [1.29, 1.82) is 5.26 Å². The van der Waals surface area contributed by atoms with Gasteiger partial charge in [-0.3, -0.25) is 4.90 Å². The van der Waals surface area contributed by atoms with Crippen molar-refractivity contribution in [1.82, 2.24) is 24.0 Å². The van der Waals surface area contributed by atoms with Gasteiger partial charge in [-0.05, 0) is 72.5 Å². The maximum atomic E-state index is 13.6. The van der Waals surface area contributed by atoms with E-state index >= 15 is 0 Å². The van der Waals surface area contributed by atoms with Gasteiger partial charge in [-0.2, -0.15) is 14.7 Å². The summed E-state index contributed by atoms with van der Waals surface area (Å²) in [6, 6.07) is 15.0. The summed E-state index contributed by atoms with van der Waals surface area (Å²) in [5, 5.41) is 14.9. The van der Waals surface area contributed by atoms with Crippen LogP contribution in [0.15, 0.2) is 65.8 Å². The van der Waals surface area contributed by atoms with Gasteiger partial charge in [-0.25, -0.2) is 22.5 Å². The summed E-state index contributed by atoms with van der Waals surface area (Å²) < 4.78 is 44.0. The molecule has 2 aromatic heterocycles. The number of rotatable bonds is 6. The first-order chi connectivity index (χ1) is 18.2. The minimum Gasteiger partial charge on any atom is -0.293 e. The number of benzene rings is 2. The Labute approximate surface area is 222 Å². The molecule has 1 atom stereocenters. The standard InChI is InChI=1S/C28H29FN6O2S/c1-19(2)17-33-11-12-34(38(36,37)28-5-4-10-31-25(28)15-30)18-27(33)24-14-21-16-32-35(26(21)13-20(24)3)23-8-6-22(29)7-9-23/h4-10,13-14,16,19,27H,11-12,17-18H2,1-3H3/t27-/m0/s1. The predicted octanol–water partition coefficient (Wildman–Crippen LogP) is 4.44. The number of nitriles is 1. The van der Waals surface area contributed by atoms with Gasteiger partial charge in [0.2, 0.25) is 10.0 Å². The van der Waals surface area contributed by atoms with Crippen molar-refractivity contribution in [2.75, 3.05) is 26.2 Å². The highest BCUT2D eigenvalue weighted by Crippen LogP contribution is 2.34. The number of halogens is 1. The first-order valence-electron chi connectivity index (χ1n) is 12.5. The summed E-state index contributed by atoms with van der Waals surface area (Å²) in [4.78, 5) is 6.24. The quantitative estimate of drug-likeness (QED) is 0.364. The molecule has 1 aliphatic heterocycles. The van der Waals surface area contributed by atoms with Gasteiger partial charge in [0.15, 0.2) is 5.69 Å². The molecule has 4 aromatic rings. The summed E-state index contributed by atoms with van der Waals surface area (Å²) in [7, 11) is -3.91. The van der Waals surface area contributed by atoms with E-state index in [9.17, 15) is 18.1 Å². The third-order valence-electron chi connectivity index (χ3n) is 6.93. The van der Waals surface area contributed by atoms with Gasteiger partial charge in [-0.1, -0.05) is 13.8 Å². The molecule has 38 heavy (non-hydrogen) atoms. The minimum atomic E-state index is -3.91. The number of hydrogen-bond donors (Lipinski definition) is 0. The van der Waals surface area contributed by atoms with Crippen molar-refractivity contribution in [3.05, 3.63) is 83.6 Å². The maximum absolute atomic E-state index is 13.6. The molecule has 5 rings (SSSR count).